The number of amides is 1. The highest BCUT2D eigenvalue weighted by atomic mass is 16.3. The Morgan fingerprint density at radius 2 is 2.00 bits per heavy atom. The van der Waals surface area contributed by atoms with Crippen LogP contribution in [0.25, 0.3) is 0 Å². The number of hydrogen-bond acceptors (Lipinski definition) is 3. The number of rotatable bonds is 5. The summed E-state index contributed by atoms with van der Waals surface area (Å²) in [5.41, 5.74) is 1.24. The van der Waals surface area contributed by atoms with E-state index >= 15 is 0 Å². The zero-order chi connectivity index (χ0) is 14.6. The van der Waals surface area contributed by atoms with E-state index in [9.17, 15) is 9.90 Å². The summed E-state index contributed by atoms with van der Waals surface area (Å²) in [5.74, 6) is -0.202. The normalized spacial score (nSPS) is 11.7. The van der Waals surface area contributed by atoms with Crippen LogP contribution in [-0.4, -0.2) is 43.1 Å². The van der Waals surface area contributed by atoms with Crippen molar-refractivity contribution in [2.24, 2.45) is 5.41 Å². The van der Waals surface area contributed by atoms with E-state index in [1.807, 2.05) is 27.1 Å². The number of nitrogens with zero attached hydrogens (tertiary/aromatic N) is 1. The van der Waals surface area contributed by atoms with Crippen molar-refractivity contribution in [2.75, 3.05) is 27.2 Å². The number of phenols is 1. The molecule has 0 aromatic heterocycles. The van der Waals surface area contributed by atoms with Gasteiger partial charge in [0.1, 0.15) is 5.75 Å². The molecule has 0 unspecified atom stereocenters. The molecule has 19 heavy (non-hydrogen) atoms. The number of carbonyl (C=O) groups is 1. The largest absolute Gasteiger partial charge is 0.507 e. The zero-order valence-corrected chi connectivity index (χ0v) is 12.4. The summed E-state index contributed by atoms with van der Waals surface area (Å²) in [7, 11) is 4.02. The standard InChI is InChI=1S/C15H24N2O2/c1-11-6-7-12(13(18)8-11)14(19)16-9-15(2,3)10-17(4)5/h6-8,18H,9-10H2,1-5H3,(H,16,19). The molecule has 0 atom stereocenters. The first-order chi connectivity index (χ1) is 8.71. The van der Waals surface area contributed by atoms with Crippen LogP contribution >= 0.6 is 0 Å². The number of phenolic OH excluding ortho intramolecular Hbond substituents is 1. The summed E-state index contributed by atoms with van der Waals surface area (Å²) < 4.78 is 0. The highest BCUT2D eigenvalue weighted by molar-refractivity contribution is 5.96. The molecule has 0 aliphatic carbocycles. The molecule has 0 heterocycles. The lowest BCUT2D eigenvalue weighted by atomic mass is 9.93. The van der Waals surface area contributed by atoms with E-state index in [1.165, 1.54) is 0 Å². The van der Waals surface area contributed by atoms with Gasteiger partial charge in [0.2, 0.25) is 0 Å². The fraction of sp³-hybridized carbons (Fsp3) is 0.533. The minimum Gasteiger partial charge on any atom is -0.507 e. The van der Waals surface area contributed by atoms with E-state index in [1.54, 1.807) is 12.1 Å². The van der Waals surface area contributed by atoms with E-state index in [0.717, 1.165) is 12.1 Å². The van der Waals surface area contributed by atoms with Gasteiger partial charge < -0.3 is 15.3 Å². The first-order valence-electron chi connectivity index (χ1n) is 6.44. The lowest BCUT2D eigenvalue weighted by molar-refractivity contribution is 0.0926. The molecule has 4 heteroatoms. The molecule has 1 aromatic carbocycles. The van der Waals surface area contributed by atoms with Crippen molar-refractivity contribution >= 4 is 5.91 Å². The van der Waals surface area contributed by atoms with Gasteiger partial charge in [0.15, 0.2) is 0 Å². The Bertz CT molecular complexity index is 453. The van der Waals surface area contributed by atoms with E-state index in [4.69, 9.17) is 0 Å². The molecule has 1 aromatic rings. The number of aryl methyl sites for hydroxylation is 1. The van der Waals surface area contributed by atoms with Crippen LogP contribution < -0.4 is 5.32 Å². The molecule has 0 saturated carbocycles. The number of carbonyl (C=O) groups excluding carboxylic acids is 1. The van der Waals surface area contributed by atoms with Gasteiger partial charge in [0.25, 0.3) is 5.91 Å². The predicted octanol–water partition coefficient (Wildman–Crippen LogP) is 2.02. The SMILES string of the molecule is Cc1ccc(C(=O)NCC(C)(C)CN(C)C)c(O)c1. The predicted molar refractivity (Wildman–Crippen MR) is 77.5 cm³/mol. The van der Waals surface area contributed by atoms with Crippen LogP contribution in [0.1, 0.15) is 29.8 Å². The summed E-state index contributed by atoms with van der Waals surface area (Å²) in [6, 6.07) is 5.07. The lowest BCUT2D eigenvalue weighted by Gasteiger charge is -2.28. The van der Waals surface area contributed by atoms with Crippen molar-refractivity contribution in [3.8, 4) is 5.75 Å². The van der Waals surface area contributed by atoms with Gasteiger partial charge in [-0.25, -0.2) is 0 Å². The van der Waals surface area contributed by atoms with Crippen LogP contribution in [0.4, 0.5) is 0 Å². The van der Waals surface area contributed by atoms with Crippen LogP contribution in [0.15, 0.2) is 18.2 Å². The van der Waals surface area contributed by atoms with Crippen LogP contribution in [0.3, 0.4) is 0 Å². The molecular weight excluding hydrogens is 240 g/mol. The van der Waals surface area contributed by atoms with Crippen LogP contribution in [-0.2, 0) is 0 Å². The van der Waals surface area contributed by atoms with E-state index in [-0.39, 0.29) is 17.1 Å². The Hall–Kier alpha value is -1.55. The third-order valence-electron chi connectivity index (χ3n) is 2.87. The molecule has 4 nitrogen and oxygen atoms in total. The number of aromatic hydroxyl groups is 1. The van der Waals surface area contributed by atoms with E-state index in [2.05, 4.69) is 24.1 Å². The molecule has 106 valence electrons. The van der Waals surface area contributed by atoms with E-state index < -0.39 is 0 Å². The smallest absolute Gasteiger partial charge is 0.255 e. The van der Waals surface area contributed by atoms with Gasteiger partial charge in [-0.3, -0.25) is 4.79 Å². The maximum Gasteiger partial charge on any atom is 0.255 e. The first-order valence-corrected chi connectivity index (χ1v) is 6.44. The Labute approximate surface area is 115 Å². The summed E-state index contributed by atoms with van der Waals surface area (Å²) in [6.45, 7) is 7.52. The molecule has 0 radical (unpaired) electrons. The second-order valence-electron chi connectivity index (χ2n) is 6.11. The Kier molecular flexibility index (Phi) is 4.95. The molecule has 0 fully saturated rings. The van der Waals surface area contributed by atoms with Crippen molar-refractivity contribution in [3.05, 3.63) is 29.3 Å². The average molecular weight is 264 g/mol. The Morgan fingerprint density at radius 3 is 2.53 bits per heavy atom. The molecule has 2 N–H and O–H groups in total. The molecule has 0 saturated heterocycles. The summed E-state index contributed by atoms with van der Waals surface area (Å²) in [4.78, 5) is 14.1. The lowest BCUT2D eigenvalue weighted by Crippen LogP contribution is -2.40. The van der Waals surface area contributed by atoms with Gasteiger partial charge in [-0.2, -0.15) is 0 Å². The first kappa shape index (κ1) is 15.5. The molecule has 0 aliphatic heterocycles. The minimum absolute atomic E-state index is 0.0144. The quantitative estimate of drug-likeness (QED) is 0.855. The third-order valence-corrected chi connectivity index (χ3v) is 2.87. The van der Waals surface area contributed by atoms with Gasteiger partial charge in [-0.15, -0.1) is 0 Å². The van der Waals surface area contributed by atoms with Gasteiger partial charge >= 0.3 is 0 Å². The monoisotopic (exact) mass is 264 g/mol. The van der Waals surface area contributed by atoms with Crippen LogP contribution in [0.5, 0.6) is 5.75 Å². The van der Waals surface area contributed by atoms with Gasteiger partial charge in [-0.05, 0) is 44.1 Å². The molecular formula is C15H24N2O2. The second-order valence-corrected chi connectivity index (χ2v) is 6.11. The fourth-order valence-electron chi connectivity index (χ4n) is 2.16. The van der Waals surface area contributed by atoms with Crippen molar-refractivity contribution < 1.29 is 9.90 Å². The highest BCUT2D eigenvalue weighted by Gasteiger charge is 2.21. The Morgan fingerprint density at radius 1 is 1.37 bits per heavy atom. The Balaban J connectivity index is 2.65. The minimum atomic E-state index is -0.232. The third kappa shape index (κ3) is 4.91. The molecule has 0 aliphatic rings. The highest BCUT2D eigenvalue weighted by Crippen LogP contribution is 2.19. The number of nitrogens with one attached hydrogen (secondary N) is 1. The maximum atomic E-state index is 12.0. The topological polar surface area (TPSA) is 52.6 Å². The number of benzene rings is 1. The van der Waals surface area contributed by atoms with E-state index in [0.29, 0.717) is 12.1 Å². The van der Waals surface area contributed by atoms with Crippen LogP contribution in [0.2, 0.25) is 0 Å². The summed E-state index contributed by atoms with van der Waals surface area (Å²) in [6.07, 6.45) is 0. The summed E-state index contributed by atoms with van der Waals surface area (Å²) in [5, 5.41) is 12.6. The second kappa shape index (κ2) is 6.06. The molecule has 1 amide bonds. The number of hydrogen-bond donors (Lipinski definition) is 2. The van der Waals surface area contributed by atoms with Crippen LogP contribution in [0, 0.1) is 12.3 Å². The molecule has 1 rings (SSSR count). The summed E-state index contributed by atoms with van der Waals surface area (Å²) >= 11 is 0. The maximum absolute atomic E-state index is 12.0. The fourth-order valence-corrected chi connectivity index (χ4v) is 2.16. The van der Waals surface area contributed by atoms with Crippen molar-refractivity contribution in [1.82, 2.24) is 10.2 Å². The zero-order valence-electron chi connectivity index (χ0n) is 12.4. The van der Waals surface area contributed by atoms with Crippen molar-refractivity contribution in [2.45, 2.75) is 20.8 Å². The van der Waals surface area contributed by atoms with Gasteiger partial charge in [-0.1, -0.05) is 19.9 Å². The van der Waals surface area contributed by atoms with Crippen molar-refractivity contribution in [1.29, 1.82) is 0 Å². The average Bonchev–Trinajstić information content (AvgIpc) is 2.24. The molecule has 0 bridgehead atoms. The van der Waals surface area contributed by atoms with Crippen molar-refractivity contribution in [3.63, 3.8) is 0 Å². The van der Waals surface area contributed by atoms with Gasteiger partial charge in [0.05, 0.1) is 5.56 Å². The van der Waals surface area contributed by atoms with Gasteiger partial charge in [0, 0.05) is 13.1 Å². The molecule has 0 spiro atoms.